The maximum atomic E-state index is 5.94. The van der Waals surface area contributed by atoms with Crippen molar-refractivity contribution in [2.45, 2.75) is 13.8 Å². The Morgan fingerprint density at radius 3 is 2.82 bits per heavy atom. The van der Waals surface area contributed by atoms with Crippen LogP contribution in [-0.2, 0) is 0 Å². The molecule has 2 rings (SSSR count). The van der Waals surface area contributed by atoms with E-state index in [1.54, 1.807) is 0 Å². The summed E-state index contributed by atoms with van der Waals surface area (Å²) in [5.41, 5.74) is 0.905. The molecule has 0 saturated heterocycles. The van der Waals surface area contributed by atoms with E-state index in [1.807, 2.05) is 37.1 Å². The van der Waals surface area contributed by atoms with E-state index in [-0.39, 0.29) is 0 Å². The highest BCUT2D eigenvalue weighted by Crippen LogP contribution is 2.26. The van der Waals surface area contributed by atoms with E-state index in [2.05, 4.69) is 20.5 Å². The van der Waals surface area contributed by atoms with Crippen LogP contribution in [0.5, 0.6) is 0 Å². The van der Waals surface area contributed by atoms with Gasteiger partial charge < -0.3 is 0 Å². The van der Waals surface area contributed by atoms with Crippen molar-refractivity contribution in [3.63, 3.8) is 0 Å². The maximum absolute atomic E-state index is 5.94. The van der Waals surface area contributed by atoms with Crippen molar-refractivity contribution in [3.8, 4) is 0 Å². The number of nitrogens with one attached hydrogen (secondary N) is 1. The van der Waals surface area contributed by atoms with Gasteiger partial charge in [0.2, 0.25) is 5.82 Å². The van der Waals surface area contributed by atoms with E-state index < -0.39 is 0 Å². The summed E-state index contributed by atoms with van der Waals surface area (Å²) in [5, 5.41) is 18.6. The zero-order valence-electron chi connectivity index (χ0n) is 9.81. The third-order valence-corrected chi connectivity index (χ3v) is 2.74. The van der Waals surface area contributed by atoms with E-state index in [9.17, 15) is 0 Å². The Morgan fingerprint density at radius 1 is 1.35 bits per heavy atom. The zero-order valence-corrected chi connectivity index (χ0v) is 10.6. The standard InChI is InChI=1S/C11H14ClN5/c1-3-17(4-2)16-15-11-9-7-8(12)5-6-10(9)13-14-11/h5-7H,3-4H2,1-2H3,(H,13,14). The minimum Gasteiger partial charge on any atom is -0.279 e. The molecule has 0 atom stereocenters. The van der Waals surface area contributed by atoms with E-state index in [0.717, 1.165) is 24.0 Å². The van der Waals surface area contributed by atoms with Gasteiger partial charge in [-0.1, -0.05) is 16.8 Å². The first-order valence-corrected chi connectivity index (χ1v) is 5.92. The summed E-state index contributed by atoms with van der Waals surface area (Å²) in [5.74, 6) is 0.564. The second-order valence-electron chi connectivity index (χ2n) is 3.57. The summed E-state index contributed by atoms with van der Waals surface area (Å²) in [6.07, 6.45) is 0. The Labute approximate surface area is 104 Å². The molecule has 0 aliphatic heterocycles. The molecule has 0 aliphatic carbocycles. The summed E-state index contributed by atoms with van der Waals surface area (Å²) >= 11 is 5.94. The average Bonchev–Trinajstić information content (AvgIpc) is 2.73. The van der Waals surface area contributed by atoms with Crippen molar-refractivity contribution in [2.75, 3.05) is 13.1 Å². The van der Waals surface area contributed by atoms with Crippen LogP contribution in [0.15, 0.2) is 28.5 Å². The smallest absolute Gasteiger partial charge is 0.205 e. The Morgan fingerprint density at radius 2 is 2.12 bits per heavy atom. The van der Waals surface area contributed by atoms with Gasteiger partial charge in [0.05, 0.1) is 5.52 Å². The molecule has 1 aromatic carbocycles. The van der Waals surface area contributed by atoms with Gasteiger partial charge in [-0.25, -0.2) is 0 Å². The Kier molecular flexibility index (Phi) is 3.58. The second kappa shape index (κ2) is 5.14. The fourth-order valence-corrected chi connectivity index (χ4v) is 1.68. The van der Waals surface area contributed by atoms with Crippen LogP contribution < -0.4 is 0 Å². The van der Waals surface area contributed by atoms with Crippen molar-refractivity contribution in [2.24, 2.45) is 10.3 Å². The molecule has 0 saturated carbocycles. The van der Waals surface area contributed by atoms with E-state index in [1.165, 1.54) is 0 Å². The average molecular weight is 252 g/mol. The number of hydrogen-bond acceptors (Lipinski definition) is 3. The van der Waals surface area contributed by atoms with Crippen LogP contribution in [0.3, 0.4) is 0 Å². The topological polar surface area (TPSA) is 56.6 Å². The molecule has 90 valence electrons. The van der Waals surface area contributed by atoms with Crippen molar-refractivity contribution in [1.82, 2.24) is 15.2 Å². The SMILES string of the molecule is CCN(CC)N=Nc1n[nH]c2ccc(Cl)cc12. The van der Waals surface area contributed by atoms with Crippen LogP contribution in [-0.4, -0.2) is 28.3 Å². The highest BCUT2D eigenvalue weighted by molar-refractivity contribution is 6.31. The number of aromatic nitrogens is 2. The zero-order chi connectivity index (χ0) is 12.3. The first-order chi connectivity index (χ1) is 8.24. The predicted octanol–water partition coefficient (Wildman–Crippen LogP) is 3.56. The minimum absolute atomic E-state index is 0.564. The summed E-state index contributed by atoms with van der Waals surface area (Å²) < 4.78 is 0. The van der Waals surface area contributed by atoms with Crippen LogP contribution in [0.2, 0.25) is 5.02 Å². The molecule has 0 radical (unpaired) electrons. The lowest BCUT2D eigenvalue weighted by molar-refractivity contribution is 0.300. The van der Waals surface area contributed by atoms with Crippen LogP contribution in [0, 0.1) is 0 Å². The first-order valence-electron chi connectivity index (χ1n) is 5.54. The molecule has 1 heterocycles. The van der Waals surface area contributed by atoms with E-state index >= 15 is 0 Å². The number of aromatic amines is 1. The Bertz CT molecular complexity index is 530. The molecule has 0 bridgehead atoms. The van der Waals surface area contributed by atoms with Crippen molar-refractivity contribution in [3.05, 3.63) is 23.2 Å². The van der Waals surface area contributed by atoms with Crippen LogP contribution >= 0.6 is 11.6 Å². The molecule has 1 N–H and O–H groups in total. The molecular formula is C11H14ClN5. The highest BCUT2D eigenvalue weighted by atomic mass is 35.5. The highest BCUT2D eigenvalue weighted by Gasteiger charge is 2.05. The molecule has 6 heteroatoms. The molecule has 0 amide bonds. The summed E-state index contributed by atoms with van der Waals surface area (Å²) in [6, 6.07) is 5.52. The van der Waals surface area contributed by atoms with Crippen LogP contribution in [0.25, 0.3) is 10.9 Å². The van der Waals surface area contributed by atoms with Gasteiger partial charge in [0.25, 0.3) is 0 Å². The lowest BCUT2D eigenvalue weighted by Crippen LogP contribution is -2.14. The van der Waals surface area contributed by atoms with Crippen molar-refractivity contribution < 1.29 is 0 Å². The van der Waals surface area contributed by atoms with E-state index in [4.69, 9.17) is 11.6 Å². The fraction of sp³-hybridized carbons (Fsp3) is 0.364. The van der Waals surface area contributed by atoms with Crippen LogP contribution in [0.4, 0.5) is 5.82 Å². The number of hydrogen-bond donors (Lipinski definition) is 1. The monoisotopic (exact) mass is 251 g/mol. The number of fused-ring (bicyclic) bond motifs is 1. The molecule has 2 aromatic rings. The third-order valence-electron chi connectivity index (χ3n) is 2.50. The van der Waals surface area contributed by atoms with Crippen LogP contribution in [0.1, 0.15) is 13.8 Å². The Balaban J connectivity index is 2.32. The molecule has 0 aliphatic rings. The lowest BCUT2D eigenvalue weighted by atomic mass is 10.2. The van der Waals surface area contributed by atoms with Gasteiger partial charge in [-0.15, -0.1) is 5.11 Å². The fourth-order valence-electron chi connectivity index (χ4n) is 1.50. The van der Waals surface area contributed by atoms with Crippen molar-refractivity contribution >= 4 is 28.3 Å². The maximum Gasteiger partial charge on any atom is 0.205 e. The summed E-state index contributed by atoms with van der Waals surface area (Å²) in [4.78, 5) is 0. The lowest BCUT2D eigenvalue weighted by Gasteiger charge is -2.10. The first kappa shape index (κ1) is 11.9. The van der Waals surface area contributed by atoms with Gasteiger partial charge in [0.15, 0.2) is 0 Å². The third kappa shape index (κ3) is 2.55. The van der Waals surface area contributed by atoms with Gasteiger partial charge in [-0.3, -0.25) is 10.1 Å². The van der Waals surface area contributed by atoms with E-state index in [0.29, 0.717) is 10.8 Å². The molecule has 1 aromatic heterocycles. The van der Waals surface area contributed by atoms with Gasteiger partial charge in [0.1, 0.15) is 0 Å². The quantitative estimate of drug-likeness (QED) is 0.667. The summed E-state index contributed by atoms with van der Waals surface area (Å²) in [6.45, 7) is 5.70. The number of benzene rings is 1. The van der Waals surface area contributed by atoms with Gasteiger partial charge in [0, 0.05) is 23.5 Å². The normalized spacial score (nSPS) is 11.5. The van der Waals surface area contributed by atoms with Crippen molar-refractivity contribution in [1.29, 1.82) is 0 Å². The minimum atomic E-state index is 0.564. The number of rotatable bonds is 4. The Hall–Kier alpha value is -1.62. The molecule has 0 spiro atoms. The number of H-pyrrole nitrogens is 1. The molecule has 0 unspecified atom stereocenters. The van der Waals surface area contributed by atoms with Gasteiger partial charge in [-0.05, 0) is 32.0 Å². The molecule has 5 nitrogen and oxygen atoms in total. The summed E-state index contributed by atoms with van der Waals surface area (Å²) in [7, 11) is 0. The number of nitrogens with zero attached hydrogens (tertiary/aromatic N) is 4. The largest absolute Gasteiger partial charge is 0.279 e. The van der Waals surface area contributed by atoms with Gasteiger partial charge in [-0.2, -0.15) is 5.10 Å². The second-order valence-corrected chi connectivity index (χ2v) is 4.00. The number of halogens is 1. The molecular weight excluding hydrogens is 238 g/mol. The predicted molar refractivity (Wildman–Crippen MR) is 68.5 cm³/mol. The molecule has 0 fully saturated rings. The molecule has 17 heavy (non-hydrogen) atoms. The van der Waals surface area contributed by atoms with Gasteiger partial charge >= 0.3 is 0 Å².